The molecule has 7 heteroatoms. The lowest BCUT2D eigenvalue weighted by Crippen LogP contribution is -2.54. The molecule has 1 aromatic heterocycles. The maximum atomic E-state index is 5.24. The molecule has 2 aliphatic heterocycles. The molecule has 0 radical (unpaired) electrons. The van der Waals surface area contributed by atoms with Gasteiger partial charge < -0.3 is 19.9 Å². The van der Waals surface area contributed by atoms with Crippen molar-refractivity contribution in [3.05, 3.63) is 24.4 Å². The molecule has 1 N–H and O–H groups in total. The van der Waals surface area contributed by atoms with E-state index < -0.39 is 0 Å². The van der Waals surface area contributed by atoms with Gasteiger partial charge in [0.05, 0.1) is 6.61 Å². The minimum absolute atomic E-state index is 0.580. The maximum Gasteiger partial charge on any atom is 0.193 e. The Hall–Kier alpha value is -1.86. The molecule has 2 saturated heterocycles. The molecule has 0 aliphatic carbocycles. The molecular formula is C19H32N6O. The number of hydrogen-bond acceptors (Lipinski definition) is 5. The molecule has 1 aromatic rings. The van der Waals surface area contributed by atoms with Crippen LogP contribution in [-0.4, -0.2) is 93.4 Å². The zero-order valence-electron chi connectivity index (χ0n) is 16.1. The first-order chi connectivity index (χ1) is 12.8. The first-order valence-corrected chi connectivity index (χ1v) is 9.66. The van der Waals surface area contributed by atoms with Crippen LogP contribution in [0.2, 0.25) is 0 Å². The lowest BCUT2D eigenvalue weighted by Gasteiger charge is -2.37. The molecule has 26 heavy (non-hydrogen) atoms. The van der Waals surface area contributed by atoms with E-state index in [2.05, 4.69) is 36.1 Å². The third kappa shape index (κ3) is 4.86. The molecule has 2 fully saturated rings. The van der Waals surface area contributed by atoms with Gasteiger partial charge in [0.1, 0.15) is 5.82 Å². The van der Waals surface area contributed by atoms with Crippen LogP contribution in [0, 0.1) is 0 Å². The molecular weight excluding hydrogens is 328 g/mol. The first kappa shape index (κ1) is 18.9. The Labute approximate surface area is 157 Å². The van der Waals surface area contributed by atoms with Crippen LogP contribution in [0.15, 0.2) is 29.4 Å². The van der Waals surface area contributed by atoms with Gasteiger partial charge in [-0.25, -0.2) is 4.98 Å². The third-order valence-corrected chi connectivity index (χ3v) is 5.34. The van der Waals surface area contributed by atoms with Crippen LogP contribution < -0.4 is 10.2 Å². The van der Waals surface area contributed by atoms with Crippen molar-refractivity contribution in [2.24, 2.45) is 4.99 Å². The number of aromatic nitrogens is 1. The summed E-state index contributed by atoms with van der Waals surface area (Å²) < 4.78 is 5.24. The summed E-state index contributed by atoms with van der Waals surface area (Å²) in [5.41, 5.74) is 0. The zero-order valence-corrected chi connectivity index (χ0v) is 16.1. The monoisotopic (exact) mass is 360 g/mol. The van der Waals surface area contributed by atoms with Crippen molar-refractivity contribution in [1.29, 1.82) is 0 Å². The predicted octanol–water partition coefficient (Wildman–Crippen LogP) is 0.890. The summed E-state index contributed by atoms with van der Waals surface area (Å²) in [7, 11) is 3.65. The highest BCUT2D eigenvalue weighted by Gasteiger charge is 2.25. The summed E-state index contributed by atoms with van der Waals surface area (Å²) in [6, 6.07) is 6.67. The fourth-order valence-corrected chi connectivity index (χ4v) is 3.86. The molecule has 0 aromatic carbocycles. The Morgan fingerprint density at radius 3 is 2.81 bits per heavy atom. The topological polar surface area (TPSA) is 56.2 Å². The Kier molecular flexibility index (Phi) is 7.08. The molecule has 0 saturated carbocycles. The summed E-state index contributed by atoms with van der Waals surface area (Å²) in [4.78, 5) is 16.2. The van der Waals surface area contributed by atoms with E-state index in [1.807, 2.05) is 25.4 Å². The lowest BCUT2D eigenvalue weighted by atomic mass is 10.2. The van der Waals surface area contributed by atoms with Gasteiger partial charge in [-0.1, -0.05) is 6.07 Å². The number of hydrogen-bond donors (Lipinski definition) is 1. The molecule has 2 aliphatic rings. The molecule has 0 spiro atoms. The number of piperazine rings is 1. The van der Waals surface area contributed by atoms with Crippen molar-refractivity contribution in [3.8, 4) is 0 Å². The lowest BCUT2D eigenvalue weighted by molar-refractivity contribution is 0.141. The summed E-state index contributed by atoms with van der Waals surface area (Å²) >= 11 is 0. The Balaban J connectivity index is 1.46. The predicted molar refractivity (Wildman–Crippen MR) is 106 cm³/mol. The molecule has 3 heterocycles. The van der Waals surface area contributed by atoms with Crippen molar-refractivity contribution in [1.82, 2.24) is 20.1 Å². The van der Waals surface area contributed by atoms with Crippen molar-refractivity contribution >= 4 is 11.8 Å². The number of anilines is 1. The second kappa shape index (κ2) is 9.73. The van der Waals surface area contributed by atoms with E-state index in [1.165, 1.54) is 19.4 Å². The number of nitrogens with zero attached hydrogens (tertiary/aromatic N) is 5. The van der Waals surface area contributed by atoms with Gasteiger partial charge in [-0.05, 0) is 31.5 Å². The van der Waals surface area contributed by atoms with Gasteiger partial charge in [0.2, 0.25) is 0 Å². The van der Waals surface area contributed by atoms with E-state index in [0.717, 1.165) is 57.7 Å². The standard InChI is InChI=1S/C19H32N6O/c1-20-19(22-16-17-6-5-9-23(17)14-15-26-2)25-12-10-24(11-13-25)18-7-3-4-8-21-18/h3-4,7-8,17H,5-6,9-16H2,1-2H3,(H,20,22). The molecule has 1 atom stereocenters. The highest BCUT2D eigenvalue weighted by molar-refractivity contribution is 5.80. The smallest absolute Gasteiger partial charge is 0.193 e. The minimum atomic E-state index is 0.580. The summed E-state index contributed by atoms with van der Waals surface area (Å²) in [6.07, 6.45) is 4.39. The van der Waals surface area contributed by atoms with Gasteiger partial charge in [0.15, 0.2) is 5.96 Å². The van der Waals surface area contributed by atoms with Crippen LogP contribution >= 0.6 is 0 Å². The number of aliphatic imine (C=N–C) groups is 1. The van der Waals surface area contributed by atoms with E-state index in [9.17, 15) is 0 Å². The summed E-state index contributed by atoms with van der Waals surface area (Å²) in [6.45, 7) is 7.84. The molecule has 0 bridgehead atoms. The van der Waals surface area contributed by atoms with Crippen LogP contribution in [0.25, 0.3) is 0 Å². The van der Waals surface area contributed by atoms with Crippen LogP contribution in [0.1, 0.15) is 12.8 Å². The minimum Gasteiger partial charge on any atom is -0.383 e. The van der Waals surface area contributed by atoms with Crippen LogP contribution in [0.3, 0.4) is 0 Å². The van der Waals surface area contributed by atoms with Gasteiger partial charge in [0, 0.05) is 65.7 Å². The Morgan fingerprint density at radius 1 is 1.27 bits per heavy atom. The normalized spacial score (nSPS) is 22.1. The van der Waals surface area contributed by atoms with Gasteiger partial charge >= 0.3 is 0 Å². The van der Waals surface area contributed by atoms with Crippen LogP contribution in [0.5, 0.6) is 0 Å². The molecule has 3 rings (SSSR count). The Morgan fingerprint density at radius 2 is 2.12 bits per heavy atom. The quantitative estimate of drug-likeness (QED) is 0.601. The molecule has 144 valence electrons. The number of likely N-dealkylation sites (tertiary alicyclic amines) is 1. The van der Waals surface area contributed by atoms with E-state index in [-0.39, 0.29) is 0 Å². The average molecular weight is 361 g/mol. The second-order valence-electron chi connectivity index (χ2n) is 6.91. The van der Waals surface area contributed by atoms with Crippen molar-refractivity contribution < 1.29 is 4.74 Å². The second-order valence-corrected chi connectivity index (χ2v) is 6.91. The van der Waals surface area contributed by atoms with E-state index in [1.54, 1.807) is 7.11 Å². The molecule has 7 nitrogen and oxygen atoms in total. The fourth-order valence-electron chi connectivity index (χ4n) is 3.86. The highest BCUT2D eigenvalue weighted by Crippen LogP contribution is 2.16. The largest absolute Gasteiger partial charge is 0.383 e. The molecule has 0 amide bonds. The maximum absolute atomic E-state index is 5.24. The van der Waals surface area contributed by atoms with Gasteiger partial charge in [-0.15, -0.1) is 0 Å². The SMILES string of the molecule is CN=C(NCC1CCCN1CCOC)N1CCN(c2ccccn2)CC1. The number of nitrogens with one attached hydrogen (secondary N) is 1. The van der Waals surface area contributed by atoms with Gasteiger partial charge in [-0.2, -0.15) is 0 Å². The van der Waals surface area contributed by atoms with Gasteiger partial charge in [0.25, 0.3) is 0 Å². The number of methoxy groups -OCH3 is 1. The van der Waals surface area contributed by atoms with Crippen molar-refractivity contribution in [2.45, 2.75) is 18.9 Å². The molecule has 1 unspecified atom stereocenters. The van der Waals surface area contributed by atoms with E-state index in [4.69, 9.17) is 4.74 Å². The third-order valence-electron chi connectivity index (χ3n) is 5.34. The highest BCUT2D eigenvalue weighted by atomic mass is 16.5. The number of guanidine groups is 1. The van der Waals surface area contributed by atoms with E-state index in [0.29, 0.717) is 6.04 Å². The number of ether oxygens (including phenoxy) is 1. The van der Waals surface area contributed by atoms with Crippen LogP contribution in [0.4, 0.5) is 5.82 Å². The fraction of sp³-hybridized carbons (Fsp3) is 0.684. The van der Waals surface area contributed by atoms with Crippen molar-refractivity contribution in [3.63, 3.8) is 0 Å². The van der Waals surface area contributed by atoms with Crippen molar-refractivity contribution in [2.75, 3.05) is 71.5 Å². The van der Waals surface area contributed by atoms with Gasteiger partial charge in [-0.3, -0.25) is 9.89 Å². The van der Waals surface area contributed by atoms with E-state index >= 15 is 0 Å². The summed E-state index contributed by atoms with van der Waals surface area (Å²) in [5.74, 6) is 2.08. The number of pyridine rings is 1. The average Bonchev–Trinajstić information content (AvgIpc) is 3.15. The van der Waals surface area contributed by atoms with Crippen LogP contribution in [-0.2, 0) is 4.74 Å². The number of rotatable bonds is 6. The zero-order chi connectivity index (χ0) is 18.2. The Bertz CT molecular complexity index is 558. The summed E-state index contributed by atoms with van der Waals surface area (Å²) in [5, 5.41) is 3.60. The first-order valence-electron chi connectivity index (χ1n) is 9.66.